The molecule has 0 saturated heterocycles. The molecule has 0 radical (unpaired) electrons. The topological polar surface area (TPSA) is 38.3 Å². The molecule has 0 unspecified atom stereocenters. The largest absolute Gasteiger partial charge is 0.495 e. The molecule has 102 valence electrons. The number of carbonyl (C=O) groups is 1. The summed E-state index contributed by atoms with van der Waals surface area (Å²) in [7, 11) is 1.54. The minimum atomic E-state index is -0.0310. The fourth-order valence-corrected chi connectivity index (χ4v) is 2.59. The Hall–Kier alpha value is -2.00. The molecule has 20 heavy (non-hydrogen) atoms. The Bertz CT molecular complexity index is 669. The summed E-state index contributed by atoms with van der Waals surface area (Å²) in [5, 5.41) is 3.78. The van der Waals surface area contributed by atoms with E-state index >= 15 is 0 Å². The minimum Gasteiger partial charge on any atom is -0.495 e. The summed E-state index contributed by atoms with van der Waals surface area (Å²) >= 11 is 5.98. The van der Waals surface area contributed by atoms with Crippen molar-refractivity contribution in [2.75, 3.05) is 19.0 Å². The summed E-state index contributed by atoms with van der Waals surface area (Å²) in [4.78, 5) is 12.5. The summed E-state index contributed by atoms with van der Waals surface area (Å²) < 4.78 is 5.15. The van der Waals surface area contributed by atoms with Crippen molar-refractivity contribution in [2.45, 2.75) is 6.42 Å². The van der Waals surface area contributed by atoms with Crippen LogP contribution in [0.25, 0.3) is 0 Å². The highest BCUT2D eigenvalue weighted by atomic mass is 35.5. The van der Waals surface area contributed by atoms with Gasteiger partial charge in [-0.3, -0.25) is 4.79 Å². The van der Waals surface area contributed by atoms with Crippen molar-refractivity contribution in [3.8, 4) is 5.75 Å². The van der Waals surface area contributed by atoms with Gasteiger partial charge in [0.15, 0.2) is 5.78 Å². The van der Waals surface area contributed by atoms with E-state index < -0.39 is 0 Å². The van der Waals surface area contributed by atoms with Crippen molar-refractivity contribution in [2.24, 2.45) is 0 Å². The molecular weight excluding hydrogens is 274 g/mol. The molecule has 0 saturated carbocycles. The highest BCUT2D eigenvalue weighted by molar-refractivity contribution is 6.32. The molecule has 1 aliphatic heterocycles. The van der Waals surface area contributed by atoms with Crippen molar-refractivity contribution in [3.63, 3.8) is 0 Å². The first kappa shape index (κ1) is 13.0. The number of fused-ring (bicyclic) bond motifs is 1. The van der Waals surface area contributed by atoms with Crippen molar-refractivity contribution in [1.82, 2.24) is 0 Å². The van der Waals surface area contributed by atoms with Crippen LogP contribution in [0.4, 0.5) is 5.69 Å². The molecule has 0 aliphatic carbocycles. The van der Waals surface area contributed by atoms with Crippen LogP contribution in [0.2, 0.25) is 5.02 Å². The van der Waals surface area contributed by atoms with Crippen molar-refractivity contribution in [1.29, 1.82) is 0 Å². The van der Waals surface area contributed by atoms with E-state index in [-0.39, 0.29) is 5.78 Å². The van der Waals surface area contributed by atoms with E-state index in [2.05, 4.69) is 5.32 Å². The van der Waals surface area contributed by atoms with E-state index in [0.29, 0.717) is 21.9 Å². The van der Waals surface area contributed by atoms with Crippen LogP contribution in [-0.2, 0) is 6.42 Å². The van der Waals surface area contributed by atoms with Gasteiger partial charge in [-0.05, 0) is 36.2 Å². The van der Waals surface area contributed by atoms with Crippen LogP contribution in [0.15, 0.2) is 36.4 Å². The Labute approximate surface area is 122 Å². The van der Waals surface area contributed by atoms with Crippen LogP contribution in [0, 0.1) is 0 Å². The lowest BCUT2D eigenvalue weighted by atomic mass is 10.0. The lowest BCUT2D eigenvalue weighted by molar-refractivity contribution is 0.103. The van der Waals surface area contributed by atoms with Crippen molar-refractivity contribution in [3.05, 3.63) is 58.1 Å². The highest BCUT2D eigenvalue weighted by Crippen LogP contribution is 2.28. The number of hydrogen-bond acceptors (Lipinski definition) is 3. The zero-order valence-corrected chi connectivity index (χ0v) is 11.8. The van der Waals surface area contributed by atoms with E-state index in [4.69, 9.17) is 16.3 Å². The Morgan fingerprint density at radius 1 is 1.20 bits per heavy atom. The molecule has 1 aliphatic rings. The molecule has 3 nitrogen and oxygen atoms in total. The van der Waals surface area contributed by atoms with Gasteiger partial charge < -0.3 is 10.1 Å². The van der Waals surface area contributed by atoms with Crippen LogP contribution in [0.1, 0.15) is 21.5 Å². The first-order valence-electron chi connectivity index (χ1n) is 6.44. The second kappa shape index (κ2) is 5.17. The Morgan fingerprint density at radius 2 is 1.95 bits per heavy atom. The second-order valence-electron chi connectivity index (χ2n) is 4.73. The molecule has 3 rings (SSSR count). The van der Waals surface area contributed by atoms with Gasteiger partial charge in [-0.1, -0.05) is 23.7 Å². The highest BCUT2D eigenvalue weighted by Gasteiger charge is 2.15. The number of methoxy groups -OCH3 is 1. The lowest BCUT2D eigenvalue weighted by Crippen LogP contribution is -2.02. The summed E-state index contributed by atoms with van der Waals surface area (Å²) in [5.74, 6) is 0.480. The van der Waals surface area contributed by atoms with Crippen molar-refractivity contribution < 1.29 is 9.53 Å². The van der Waals surface area contributed by atoms with E-state index in [0.717, 1.165) is 18.7 Å². The molecule has 2 aromatic rings. The normalized spacial score (nSPS) is 12.7. The van der Waals surface area contributed by atoms with Gasteiger partial charge in [-0.15, -0.1) is 0 Å². The summed E-state index contributed by atoms with van der Waals surface area (Å²) in [6.07, 6.45) is 1.01. The molecule has 0 atom stereocenters. The molecule has 0 amide bonds. The molecular formula is C16H14ClNO2. The van der Waals surface area contributed by atoms with E-state index in [1.54, 1.807) is 18.2 Å². The average Bonchev–Trinajstić information content (AvgIpc) is 2.94. The van der Waals surface area contributed by atoms with Crippen LogP contribution in [0.5, 0.6) is 5.75 Å². The number of hydrogen-bond donors (Lipinski definition) is 1. The van der Waals surface area contributed by atoms with Gasteiger partial charge in [0, 0.05) is 23.4 Å². The monoisotopic (exact) mass is 287 g/mol. The maximum atomic E-state index is 12.5. The quantitative estimate of drug-likeness (QED) is 0.878. The fourth-order valence-electron chi connectivity index (χ4n) is 2.40. The van der Waals surface area contributed by atoms with Gasteiger partial charge in [0.25, 0.3) is 0 Å². The van der Waals surface area contributed by atoms with E-state index in [1.165, 1.54) is 12.7 Å². The Kier molecular flexibility index (Phi) is 3.36. The molecule has 0 spiro atoms. The van der Waals surface area contributed by atoms with Gasteiger partial charge in [0.2, 0.25) is 0 Å². The lowest BCUT2D eigenvalue weighted by Gasteiger charge is -2.07. The molecule has 0 aromatic heterocycles. The molecule has 1 heterocycles. The number of nitrogens with one attached hydrogen (secondary N) is 1. The predicted octanol–water partition coefficient (Wildman–Crippen LogP) is 3.55. The zero-order chi connectivity index (χ0) is 14.1. The van der Waals surface area contributed by atoms with Gasteiger partial charge in [-0.25, -0.2) is 0 Å². The predicted molar refractivity (Wildman–Crippen MR) is 80.1 cm³/mol. The summed E-state index contributed by atoms with van der Waals surface area (Å²) in [6, 6.07) is 10.9. The van der Waals surface area contributed by atoms with Gasteiger partial charge in [0.05, 0.1) is 12.1 Å². The summed E-state index contributed by atoms with van der Waals surface area (Å²) in [6.45, 7) is 0.932. The van der Waals surface area contributed by atoms with Crippen LogP contribution < -0.4 is 10.1 Å². The molecule has 0 fully saturated rings. The zero-order valence-electron chi connectivity index (χ0n) is 11.1. The maximum Gasteiger partial charge on any atom is 0.193 e. The first-order chi connectivity index (χ1) is 9.69. The number of rotatable bonds is 3. The number of halogens is 1. The molecule has 1 N–H and O–H groups in total. The molecule has 2 aromatic carbocycles. The second-order valence-corrected chi connectivity index (χ2v) is 5.13. The fraction of sp³-hybridized carbons (Fsp3) is 0.188. The third-order valence-electron chi connectivity index (χ3n) is 3.50. The smallest absolute Gasteiger partial charge is 0.193 e. The first-order valence-corrected chi connectivity index (χ1v) is 6.82. The number of ketones is 1. The minimum absolute atomic E-state index is 0.0310. The number of ether oxygens (including phenoxy) is 1. The Morgan fingerprint density at radius 3 is 2.75 bits per heavy atom. The van der Waals surface area contributed by atoms with Crippen LogP contribution >= 0.6 is 11.6 Å². The Balaban J connectivity index is 1.96. The third-order valence-corrected chi connectivity index (χ3v) is 3.81. The standard InChI is InChI=1S/C16H14ClNO2/c1-20-15-9-12(4-5-13(15)17)16(19)11-3-2-10-6-7-18-14(10)8-11/h2-5,8-9,18H,6-7H2,1H3. The number of benzene rings is 2. The number of carbonyl (C=O) groups excluding carboxylic acids is 1. The van der Waals surface area contributed by atoms with Gasteiger partial charge >= 0.3 is 0 Å². The third kappa shape index (κ3) is 2.25. The van der Waals surface area contributed by atoms with Gasteiger partial charge in [-0.2, -0.15) is 0 Å². The summed E-state index contributed by atoms with van der Waals surface area (Å²) in [5.41, 5.74) is 3.55. The molecule has 4 heteroatoms. The van der Waals surface area contributed by atoms with Gasteiger partial charge in [0.1, 0.15) is 5.75 Å². The maximum absolute atomic E-state index is 12.5. The van der Waals surface area contributed by atoms with Crippen molar-refractivity contribution >= 4 is 23.1 Å². The molecule has 0 bridgehead atoms. The van der Waals surface area contributed by atoms with E-state index in [9.17, 15) is 4.79 Å². The van der Waals surface area contributed by atoms with E-state index in [1.807, 2.05) is 18.2 Å². The number of anilines is 1. The van der Waals surface area contributed by atoms with Crippen LogP contribution in [0.3, 0.4) is 0 Å². The van der Waals surface area contributed by atoms with Crippen LogP contribution in [-0.4, -0.2) is 19.4 Å². The SMILES string of the molecule is COc1cc(C(=O)c2ccc3c(c2)NCC3)ccc1Cl. The average molecular weight is 288 g/mol.